The van der Waals surface area contributed by atoms with E-state index in [4.69, 9.17) is 0 Å². The molecule has 1 aliphatic heterocycles. The van der Waals surface area contributed by atoms with Gasteiger partial charge in [0, 0.05) is 23.6 Å². The summed E-state index contributed by atoms with van der Waals surface area (Å²) in [5, 5.41) is 16.2. The van der Waals surface area contributed by atoms with E-state index in [2.05, 4.69) is 53.7 Å². The van der Waals surface area contributed by atoms with Crippen molar-refractivity contribution in [3.63, 3.8) is 0 Å². The lowest BCUT2D eigenvalue weighted by atomic mass is 10.2. The zero-order valence-electron chi connectivity index (χ0n) is 17.9. The summed E-state index contributed by atoms with van der Waals surface area (Å²) in [6, 6.07) is 16.4. The van der Waals surface area contributed by atoms with E-state index >= 15 is 0 Å². The number of anilines is 5. The number of benzene rings is 2. The highest BCUT2D eigenvalue weighted by atomic mass is 16.3. The van der Waals surface area contributed by atoms with E-state index < -0.39 is 0 Å². The van der Waals surface area contributed by atoms with Gasteiger partial charge in [-0.05, 0) is 61.7 Å². The Hall–Kier alpha value is -3.78. The second-order valence-electron chi connectivity index (χ2n) is 7.99. The summed E-state index contributed by atoms with van der Waals surface area (Å²) in [6.45, 7) is 3.21. The number of aliphatic hydroxyl groups is 1. The van der Waals surface area contributed by atoms with Crippen molar-refractivity contribution in [2.75, 3.05) is 28.7 Å². The zero-order chi connectivity index (χ0) is 21.9. The Balaban J connectivity index is 1.38. The van der Waals surface area contributed by atoms with E-state index in [9.17, 15) is 5.11 Å². The summed E-state index contributed by atoms with van der Waals surface area (Å²) in [5.41, 5.74) is 5.42. The van der Waals surface area contributed by atoms with Gasteiger partial charge in [-0.1, -0.05) is 12.1 Å². The van der Waals surface area contributed by atoms with E-state index in [1.165, 1.54) is 6.33 Å². The molecule has 1 fully saturated rings. The van der Waals surface area contributed by atoms with Crippen molar-refractivity contribution in [1.29, 1.82) is 0 Å². The monoisotopic (exact) mass is 427 g/mol. The molecule has 0 spiro atoms. The third-order valence-electron chi connectivity index (χ3n) is 5.70. The van der Waals surface area contributed by atoms with Crippen LogP contribution < -0.4 is 15.5 Å². The lowest BCUT2D eigenvalue weighted by Crippen LogP contribution is -2.31. The van der Waals surface area contributed by atoms with Crippen LogP contribution >= 0.6 is 0 Å². The molecule has 5 rings (SSSR count). The maximum absolute atomic E-state index is 9.58. The highest BCUT2D eigenvalue weighted by Crippen LogP contribution is 2.28. The molecule has 1 unspecified atom stereocenters. The van der Waals surface area contributed by atoms with Gasteiger partial charge in [-0.3, -0.25) is 0 Å². The SMILES string of the molecule is Cc1cccc(Nc2ncnc3cnc(Nc4ccc(N5CCCC5CO)cc4)nc23)c1. The summed E-state index contributed by atoms with van der Waals surface area (Å²) >= 11 is 0. The quantitative estimate of drug-likeness (QED) is 0.422. The molecule has 8 nitrogen and oxygen atoms in total. The molecule has 0 radical (unpaired) electrons. The molecule has 1 aliphatic rings. The van der Waals surface area contributed by atoms with Crippen molar-refractivity contribution in [2.45, 2.75) is 25.8 Å². The van der Waals surface area contributed by atoms with Crippen LogP contribution in [0.2, 0.25) is 0 Å². The van der Waals surface area contributed by atoms with E-state index in [1.807, 2.05) is 37.3 Å². The van der Waals surface area contributed by atoms with Gasteiger partial charge in [0.05, 0.1) is 18.8 Å². The fourth-order valence-corrected chi connectivity index (χ4v) is 4.10. The Labute approximate surface area is 186 Å². The smallest absolute Gasteiger partial charge is 0.227 e. The lowest BCUT2D eigenvalue weighted by molar-refractivity contribution is 0.266. The van der Waals surface area contributed by atoms with Gasteiger partial charge in [0.25, 0.3) is 0 Å². The first-order valence-electron chi connectivity index (χ1n) is 10.8. The van der Waals surface area contributed by atoms with Crippen LogP contribution in [0.15, 0.2) is 61.1 Å². The lowest BCUT2D eigenvalue weighted by Gasteiger charge is -2.25. The van der Waals surface area contributed by atoms with Crippen molar-refractivity contribution in [3.05, 3.63) is 66.6 Å². The molecule has 1 atom stereocenters. The molecule has 162 valence electrons. The summed E-state index contributed by atoms with van der Waals surface area (Å²) < 4.78 is 0. The van der Waals surface area contributed by atoms with Crippen LogP contribution in [0, 0.1) is 6.92 Å². The Kier molecular flexibility index (Phi) is 5.51. The van der Waals surface area contributed by atoms with Crippen molar-refractivity contribution >= 4 is 39.9 Å². The number of aliphatic hydroxyl groups excluding tert-OH is 1. The van der Waals surface area contributed by atoms with E-state index in [-0.39, 0.29) is 12.6 Å². The van der Waals surface area contributed by atoms with Crippen LogP contribution in [0.4, 0.5) is 28.8 Å². The highest BCUT2D eigenvalue weighted by molar-refractivity contribution is 5.87. The van der Waals surface area contributed by atoms with Crippen molar-refractivity contribution < 1.29 is 5.11 Å². The molecule has 2 aromatic carbocycles. The van der Waals surface area contributed by atoms with Crippen LogP contribution in [-0.2, 0) is 0 Å². The second kappa shape index (κ2) is 8.76. The minimum Gasteiger partial charge on any atom is -0.394 e. The van der Waals surface area contributed by atoms with Crippen molar-refractivity contribution in [1.82, 2.24) is 19.9 Å². The molecule has 32 heavy (non-hydrogen) atoms. The normalized spacial score (nSPS) is 15.8. The number of hydrogen-bond donors (Lipinski definition) is 3. The highest BCUT2D eigenvalue weighted by Gasteiger charge is 2.23. The van der Waals surface area contributed by atoms with Crippen LogP contribution in [0.25, 0.3) is 11.0 Å². The van der Waals surface area contributed by atoms with Crippen LogP contribution in [0.1, 0.15) is 18.4 Å². The standard InChI is InChI=1S/C24H25N7O/c1-16-4-2-5-18(12-16)28-23-22-21(26-15-27-23)13-25-24(30-22)29-17-7-9-19(10-8-17)31-11-3-6-20(31)14-32/h2,4-5,7-10,12-13,15,20,32H,3,6,11,14H2,1H3,(H,25,29,30)(H,26,27,28). The molecule has 0 saturated carbocycles. The van der Waals surface area contributed by atoms with E-state index in [1.54, 1.807) is 6.20 Å². The first-order valence-corrected chi connectivity index (χ1v) is 10.8. The fourth-order valence-electron chi connectivity index (χ4n) is 4.10. The molecule has 3 N–H and O–H groups in total. The van der Waals surface area contributed by atoms with Gasteiger partial charge < -0.3 is 20.6 Å². The van der Waals surface area contributed by atoms with Gasteiger partial charge in [-0.2, -0.15) is 0 Å². The third kappa shape index (κ3) is 4.17. The average molecular weight is 428 g/mol. The number of nitrogens with zero attached hydrogens (tertiary/aromatic N) is 5. The maximum atomic E-state index is 9.58. The predicted molar refractivity (Wildman–Crippen MR) is 127 cm³/mol. The van der Waals surface area contributed by atoms with Gasteiger partial charge in [0.1, 0.15) is 17.4 Å². The molecule has 2 aromatic heterocycles. The topological polar surface area (TPSA) is 99.1 Å². The zero-order valence-corrected chi connectivity index (χ0v) is 17.9. The molecular weight excluding hydrogens is 402 g/mol. The van der Waals surface area contributed by atoms with Gasteiger partial charge in [0.15, 0.2) is 5.82 Å². The first kappa shape index (κ1) is 20.1. The molecule has 3 heterocycles. The Morgan fingerprint density at radius 3 is 2.72 bits per heavy atom. The van der Waals surface area contributed by atoms with E-state index in [0.717, 1.165) is 42.0 Å². The maximum Gasteiger partial charge on any atom is 0.227 e. The third-order valence-corrected chi connectivity index (χ3v) is 5.70. The summed E-state index contributed by atoms with van der Waals surface area (Å²) in [7, 11) is 0. The number of aromatic nitrogens is 4. The number of fused-ring (bicyclic) bond motifs is 1. The number of aryl methyl sites for hydroxylation is 1. The number of hydrogen-bond acceptors (Lipinski definition) is 8. The Morgan fingerprint density at radius 2 is 1.91 bits per heavy atom. The van der Waals surface area contributed by atoms with Gasteiger partial charge >= 0.3 is 0 Å². The number of nitrogens with one attached hydrogen (secondary N) is 2. The Morgan fingerprint density at radius 1 is 1.03 bits per heavy atom. The molecule has 8 heteroatoms. The van der Waals surface area contributed by atoms with Crippen LogP contribution in [-0.4, -0.2) is 44.2 Å². The van der Waals surface area contributed by atoms with Crippen molar-refractivity contribution in [3.8, 4) is 0 Å². The summed E-state index contributed by atoms with van der Waals surface area (Å²) in [6.07, 6.45) is 5.34. The van der Waals surface area contributed by atoms with Crippen LogP contribution in [0.3, 0.4) is 0 Å². The fraction of sp³-hybridized carbons (Fsp3) is 0.250. The van der Waals surface area contributed by atoms with Crippen LogP contribution in [0.5, 0.6) is 0 Å². The largest absolute Gasteiger partial charge is 0.394 e. The molecule has 1 saturated heterocycles. The molecule has 0 amide bonds. The van der Waals surface area contributed by atoms with E-state index in [0.29, 0.717) is 22.8 Å². The summed E-state index contributed by atoms with van der Waals surface area (Å²) in [5.74, 6) is 1.10. The second-order valence-corrected chi connectivity index (χ2v) is 7.99. The first-order chi connectivity index (χ1) is 15.7. The Bertz CT molecular complexity index is 1230. The molecule has 4 aromatic rings. The summed E-state index contributed by atoms with van der Waals surface area (Å²) in [4.78, 5) is 20.0. The molecule has 0 aliphatic carbocycles. The van der Waals surface area contributed by atoms with Gasteiger partial charge in [0.2, 0.25) is 5.95 Å². The number of rotatable bonds is 6. The molecule has 0 bridgehead atoms. The van der Waals surface area contributed by atoms with Crippen molar-refractivity contribution in [2.24, 2.45) is 0 Å². The average Bonchev–Trinajstić information content (AvgIpc) is 3.29. The van der Waals surface area contributed by atoms with Gasteiger partial charge in [-0.25, -0.2) is 19.9 Å². The molecular formula is C24H25N7O. The van der Waals surface area contributed by atoms with Gasteiger partial charge in [-0.15, -0.1) is 0 Å². The minimum absolute atomic E-state index is 0.186. The minimum atomic E-state index is 0.186. The predicted octanol–water partition coefficient (Wildman–Crippen LogP) is 4.18.